The minimum atomic E-state index is -0.297. The molecule has 0 heterocycles. The number of hydrogen-bond donors (Lipinski definition) is 0. The van der Waals surface area contributed by atoms with Crippen molar-refractivity contribution < 1.29 is 9.53 Å². The molecule has 74 valence electrons. The lowest BCUT2D eigenvalue weighted by Crippen LogP contribution is -2.00. The van der Waals surface area contributed by atoms with E-state index >= 15 is 0 Å². The van der Waals surface area contributed by atoms with E-state index in [9.17, 15) is 4.79 Å². The summed E-state index contributed by atoms with van der Waals surface area (Å²) in [5.41, 5.74) is 2.19. The number of carbonyl (C=O) groups is 1. The summed E-state index contributed by atoms with van der Waals surface area (Å²) in [6.45, 7) is 4.13. The molecule has 1 rings (SSSR count). The van der Waals surface area contributed by atoms with Gasteiger partial charge >= 0.3 is 5.97 Å². The monoisotopic (exact) mass is 190 g/mol. The molecule has 0 N–H and O–H groups in total. The van der Waals surface area contributed by atoms with Crippen molar-refractivity contribution in [3.05, 3.63) is 47.5 Å². The molecule has 0 fully saturated rings. The predicted octanol–water partition coefficient (Wildman–Crippen LogP) is 2.61. The van der Waals surface area contributed by atoms with E-state index in [0.717, 1.165) is 5.56 Å². The molecule has 0 spiro atoms. The van der Waals surface area contributed by atoms with Crippen LogP contribution in [-0.4, -0.2) is 5.97 Å². The zero-order valence-electron chi connectivity index (χ0n) is 8.49. The van der Waals surface area contributed by atoms with Crippen molar-refractivity contribution >= 4 is 5.97 Å². The Morgan fingerprint density at radius 1 is 1.50 bits per heavy atom. The van der Waals surface area contributed by atoms with E-state index in [0.29, 0.717) is 6.61 Å². The number of benzene rings is 1. The number of aryl methyl sites for hydroxylation is 1. The van der Waals surface area contributed by atoms with Gasteiger partial charge in [0.15, 0.2) is 0 Å². The third-order valence-electron chi connectivity index (χ3n) is 1.77. The van der Waals surface area contributed by atoms with Crippen molar-refractivity contribution in [1.29, 1.82) is 0 Å². The Balaban J connectivity index is 2.49. The second-order valence-corrected chi connectivity index (χ2v) is 3.10. The summed E-state index contributed by atoms with van der Waals surface area (Å²) in [6.07, 6.45) is 3.08. The number of allylic oxidation sites excluding steroid dienone is 1. The molecule has 0 unspecified atom stereocenters. The van der Waals surface area contributed by atoms with Gasteiger partial charge in [-0.05, 0) is 19.4 Å². The van der Waals surface area contributed by atoms with Gasteiger partial charge in [-0.1, -0.05) is 35.9 Å². The summed E-state index contributed by atoms with van der Waals surface area (Å²) < 4.78 is 5.00. The molecule has 0 saturated carbocycles. The fourth-order valence-electron chi connectivity index (χ4n) is 1.14. The zero-order valence-corrected chi connectivity index (χ0v) is 8.49. The fourth-order valence-corrected chi connectivity index (χ4v) is 1.14. The van der Waals surface area contributed by atoms with Gasteiger partial charge in [0.1, 0.15) is 6.61 Å². The minimum Gasteiger partial charge on any atom is -0.458 e. The highest BCUT2D eigenvalue weighted by molar-refractivity contribution is 5.81. The summed E-state index contributed by atoms with van der Waals surface area (Å²) in [5.74, 6) is -0.297. The van der Waals surface area contributed by atoms with Gasteiger partial charge in [0, 0.05) is 6.08 Å². The van der Waals surface area contributed by atoms with Crippen LogP contribution in [0, 0.1) is 6.92 Å². The van der Waals surface area contributed by atoms with Crippen LogP contribution in [0.4, 0.5) is 0 Å². The summed E-state index contributed by atoms with van der Waals surface area (Å²) in [7, 11) is 0. The first-order valence-corrected chi connectivity index (χ1v) is 4.57. The summed E-state index contributed by atoms with van der Waals surface area (Å²) >= 11 is 0. The lowest BCUT2D eigenvalue weighted by Gasteiger charge is -2.02. The van der Waals surface area contributed by atoms with Gasteiger partial charge in [-0.25, -0.2) is 4.79 Å². The molecule has 14 heavy (non-hydrogen) atoms. The number of esters is 1. The van der Waals surface area contributed by atoms with Gasteiger partial charge in [-0.15, -0.1) is 0 Å². The number of carbonyl (C=O) groups excluding carboxylic acids is 1. The maximum Gasteiger partial charge on any atom is 0.330 e. The average Bonchev–Trinajstić information content (AvgIpc) is 2.15. The van der Waals surface area contributed by atoms with Crippen LogP contribution in [0.2, 0.25) is 0 Å². The molecule has 0 aliphatic rings. The van der Waals surface area contributed by atoms with Crippen molar-refractivity contribution in [3.63, 3.8) is 0 Å². The number of rotatable bonds is 3. The highest BCUT2D eigenvalue weighted by atomic mass is 16.5. The molecule has 0 atom stereocenters. The molecule has 0 radical (unpaired) electrons. The van der Waals surface area contributed by atoms with Gasteiger partial charge in [0.2, 0.25) is 0 Å². The maximum absolute atomic E-state index is 11.0. The van der Waals surface area contributed by atoms with Gasteiger partial charge in [0.25, 0.3) is 0 Å². The van der Waals surface area contributed by atoms with Crippen molar-refractivity contribution in [2.24, 2.45) is 0 Å². The minimum absolute atomic E-state index is 0.297. The van der Waals surface area contributed by atoms with E-state index < -0.39 is 0 Å². The molecule has 1 aromatic rings. The second kappa shape index (κ2) is 5.22. The molecule has 0 bridgehead atoms. The highest BCUT2D eigenvalue weighted by Crippen LogP contribution is 2.05. The Labute approximate surface area is 84.2 Å². The van der Waals surface area contributed by atoms with Crippen LogP contribution in [-0.2, 0) is 16.1 Å². The van der Waals surface area contributed by atoms with Crippen molar-refractivity contribution in [2.45, 2.75) is 20.5 Å². The van der Waals surface area contributed by atoms with Crippen molar-refractivity contribution in [3.8, 4) is 0 Å². The predicted molar refractivity (Wildman–Crippen MR) is 55.8 cm³/mol. The van der Waals surface area contributed by atoms with E-state index in [2.05, 4.69) is 0 Å². The lowest BCUT2D eigenvalue weighted by atomic mass is 10.1. The Hall–Kier alpha value is -1.57. The number of hydrogen-bond acceptors (Lipinski definition) is 2. The molecule has 0 amide bonds. The second-order valence-electron chi connectivity index (χ2n) is 3.10. The van der Waals surface area contributed by atoms with E-state index in [-0.39, 0.29) is 5.97 Å². The first-order chi connectivity index (χ1) is 6.72. The molecule has 0 aliphatic carbocycles. The molecular formula is C12H14O2. The largest absolute Gasteiger partial charge is 0.458 e. The average molecular weight is 190 g/mol. The summed E-state index contributed by atoms with van der Waals surface area (Å²) in [6, 6.07) is 7.91. The Bertz CT molecular complexity index is 340. The molecule has 0 saturated heterocycles. The van der Waals surface area contributed by atoms with Crippen LogP contribution in [0.15, 0.2) is 36.4 Å². The van der Waals surface area contributed by atoms with Crippen molar-refractivity contribution in [2.75, 3.05) is 0 Å². The van der Waals surface area contributed by atoms with E-state index in [4.69, 9.17) is 4.74 Å². The lowest BCUT2D eigenvalue weighted by molar-refractivity contribution is -0.139. The van der Waals surface area contributed by atoms with Crippen LogP contribution in [0.25, 0.3) is 0 Å². The smallest absolute Gasteiger partial charge is 0.330 e. The van der Waals surface area contributed by atoms with Gasteiger partial charge in [-0.2, -0.15) is 0 Å². The van der Waals surface area contributed by atoms with Crippen molar-refractivity contribution in [1.82, 2.24) is 0 Å². The quantitative estimate of drug-likeness (QED) is 0.541. The standard InChI is InChI=1S/C12H14O2/c1-3-5-12(13)14-9-11-7-4-6-10(2)8-11/h3-8H,9H2,1-2H3/b5-3+. The van der Waals surface area contributed by atoms with Gasteiger partial charge in [0.05, 0.1) is 0 Å². The molecule has 1 aromatic carbocycles. The van der Waals surface area contributed by atoms with E-state index in [1.807, 2.05) is 31.2 Å². The SMILES string of the molecule is C/C=C/C(=O)OCc1cccc(C)c1. The maximum atomic E-state index is 11.0. The summed E-state index contributed by atoms with van der Waals surface area (Å²) in [5, 5.41) is 0. The zero-order chi connectivity index (χ0) is 10.4. The van der Waals surface area contributed by atoms with Crippen LogP contribution >= 0.6 is 0 Å². The van der Waals surface area contributed by atoms with E-state index in [1.165, 1.54) is 11.6 Å². The Morgan fingerprint density at radius 3 is 2.93 bits per heavy atom. The van der Waals surface area contributed by atoms with Crippen LogP contribution in [0.3, 0.4) is 0 Å². The Kier molecular flexibility index (Phi) is 3.92. The normalized spacial score (nSPS) is 10.4. The van der Waals surface area contributed by atoms with Crippen LogP contribution in [0.1, 0.15) is 18.1 Å². The van der Waals surface area contributed by atoms with Gasteiger partial charge in [-0.3, -0.25) is 0 Å². The first kappa shape index (κ1) is 10.5. The highest BCUT2D eigenvalue weighted by Gasteiger charge is 1.97. The van der Waals surface area contributed by atoms with E-state index in [1.54, 1.807) is 13.0 Å². The van der Waals surface area contributed by atoms with Crippen LogP contribution in [0.5, 0.6) is 0 Å². The third-order valence-corrected chi connectivity index (χ3v) is 1.77. The summed E-state index contributed by atoms with van der Waals surface area (Å²) in [4.78, 5) is 11.0. The number of ether oxygens (including phenoxy) is 1. The molecule has 0 aromatic heterocycles. The topological polar surface area (TPSA) is 26.3 Å². The fraction of sp³-hybridized carbons (Fsp3) is 0.250. The molecule has 2 nitrogen and oxygen atoms in total. The molecule has 0 aliphatic heterocycles. The van der Waals surface area contributed by atoms with Gasteiger partial charge < -0.3 is 4.74 Å². The van der Waals surface area contributed by atoms with Crippen LogP contribution < -0.4 is 0 Å². The first-order valence-electron chi connectivity index (χ1n) is 4.57. The molecular weight excluding hydrogens is 176 g/mol. The molecule has 2 heteroatoms. The third kappa shape index (κ3) is 3.44. The Morgan fingerprint density at radius 2 is 2.29 bits per heavy atom.